The Bertz CT molecular complexity index is 1080. The highest BCUT2D eigenvalue weighted by Crippen LogP contribution is 2.22. The SMILES string of the molecule is CC(=O)SC[C@@H](Cc1ccc(-c2ccccc2)cc1)C(=O)N[C@@H](C)C(=O)OCc1ccccc1. The van der Waals surface area contributed by atoms with Crippen LogP contribution in [0, 0.1) is 5.92 Å². The molecule has 0 spiro atoms. The summed E-state index contributed by atoms with van der Waals surface area (Å²) in [7, 11) is 0. The molecule has 34 heavy (non-hydrogen) atoms. The van der Waals surface area contributed by atoms with Crippen LogP contribution in [0.2, 0.25) is 0 Å². The van der Waals surface area contributed by atoms with Crippen molar-refractivity contribution in [2.45, 2.75) is 32.9 Å². The summed E-state index contributed by atoms with van der Waals surface area (Å²) >= 11 is 1.11. The van der Waals surface area contributed by atoms with E-state index in [1.165, 1.54) is 6.92 Å². The van der Waals surface area contributed by atoms with Gasteiger partial charge in [-0.05, 0) is 35.6 Å². The Balaban J connectivity index is 1.60. The zero-order chi connectivity index (χ0) is 24.3. The lowest BCUT2D eigenvalue weighted by Crippen LogP contribution is -2.43. The fourth-order valence-electron chi connectivity index (χ4n) is 3.44. The van der Waals surface area contributed by atoms with Crippen LogP contribution in [0.5, 0.6) is 0 Å². The van der Waals surface area contributed by atoms with Crippen LogP contribution in [0.3, 0.4) is 0 Å². The monoisotopic (exact) mass is 475 g/mol. The van der Waals surface area contributed by atoms with Gasteiger partial charge in [-0.25, -0.2) is 4.79 Å². The molecule has 3 aromatic rings. The molecule has 5 nitrogen and oxygen atoms in total. The lowest BCUT2D eigenvalue weighted by Gasteiger charge is -2.19. The van der Waals surface area contributed by atoms with E-state index in [4.69, 9.17) is 4.74 Å². The van der Waals surface area contributed by atoms with Gasteiger partial charge in [0.05, 0.1) is 5.92 Å². The standard InChI is InChI=1S/C28H29NO4S/c1-20(28(32)33-18-23-9-5-3-6-10-23)29-27(31)26(19-34-21(2)30)17-22-13-15-25(16-14-22)24-11-7-4-8-12-24/h3-16,20,26H,17-19H2,1-2H3,(H,29,31)/t20-,26+/m0/s1. The van der Waals surface area contributed by atoms with Gasteiger partial charge in [0.2, 0.25) is 5.91 Å². The number of rotatable bonds is 10. The smallest absolute Gasteiger partial charge is 0.328 e. The second-order valence-corrected chi connectivity index (χ2v) is 9.29. The molecule has 0 radical (unpaired) electrons. The molecule has 1 amide bonds. The van der Waals surface area contributed by atoms with Gasteiger partial charge in [0.15, 0.2) is 5.12 Å². The first kappa shape index (κ1) is 25.2. The summed E-state index contributed by atoms with van der Waals surface area (Å²) in [5.74, 6) is -0.888. The molecule has 2 atom stereocenters. The number of hydrogen-bond acceptors (Lipinski definition) is 5. The number of thioether (sulfide) groups is 1. The third-order valence-corrected chi connectivity index (χ3v) is 6.31. The van der Waals surface area contributed by atoms with Gasteiger partial charge in [-0.2, -0.15) is 0 Å². The molecule has 1 N–H and O–H groups in total. The Hall–Kier alpha value is -3.38. The van der Waals surface area contributed by atoms with Gasteiger partial charge >= 0.3 is 5.97 Å². The van der Waals surface area contributed by atoms with E-state index in [1.54, 1.807) is 6.92 Å². The number of amides is 1. The summed E-state index contributed by atoms with van der Waals surface area (Å²) in [5.41, 5.74) is 4.09. The molecule has 0 saturated carbocycles. The third kappa shape index (κ3) is 7.89. The Labute approximate surface area is 204 Å². The van der Waals surface area contributed by atoms with Gasteiger partial charge in [-0.1, -0.05) is 96.7 Å². The largest absolute Gasteiger partial charge is 0.459 e. The molecule has 3 aromatic carbocycles. The Morgan fingerprint density at radius 1 is 0.824 bits per heavy atom. The average molecular weight is 476 g/mol. The van der Waals surface area contributed by atoms with E-state index in [2.05, 4.69) is 5.32 Å². The van der Waals surface area contributed by atoms with Crippen molar-refractivity contribution in [2.24, 2.45) is 5.92 Å². The zero-order valence-electron chi connectivity index (χ0n) is 19.4. The van der Waals surface area contributed by atoms with Crippen LogP contribution in [0.1, 0.15) is 25.0 Å². The van der Waals surface area contributed by atoms with Gasteiger partial charge in [0.1, 0.15) is 12.6 Å². The molecular formula is C28H29NO4S. The minimum atomic E-state index is -0.790. The molecule has 176 valence electrons. The quantitative estimate of drug-likeness (QED) is 0.416. The van der Waals surface area contributed by atoms with Gasteiger partial charge in [0.25, 0.3) is 0 Å². The van der Waals surface area contributed by atoms with Crippen molar-refractivity contribution >= 4 is 28.8 Å². The van der Waals surface area contributed by atoms with Crippen molar-refractivity contribution in [2.75, 3.05) is 5.75 Å². The van der Waals surface area contributed by atoms with Crippen molar-refractivity contribution in [3.63, 3.8) is 0 Å². The van der Waals surface area contributed by atoms with Crippen LogP contribution in [0.4, 0.5) is 0 Å². The molecule has 0 saturated heterocycles. The van der Waals surface area contributed by atoms with E-state index in [0.717, 1.165) is 34.0 Å². The van der Waals surface area contributed by atoms with Crippen molar-refractivity contribution in [3.8, 4) is 11.1 Å². The summed E-state index contributed by atoms with van der Waals surface area (Å²) in [6.07, 6.45) is 0.465. The summed E-state index contributed by atoms with van der Waals surface area (Å²) in [6.45, 7) is 3.24. The van der Waals surface area contributed by atoms with E-state index in [1.807, 2.05) is 84.9 Å². The number of esters is 1. The van der Waals surface area contributed by atoms with Gasteiger partial charge in [-0.3, -0.25) is 9.59 Å². The van der Waals surface area contributed by atoms with E-state index < -0.39 is 17.9 Å². The summed E-state index contributed by atoms with van der Waals surface area (Å²) in [4.78, 5) is 36.9. The van der Waals surface area contributed by atoms with Crippen LogP contribution < -0.4 is 5.32 Å². The maximum absolute atomic E-state index is 13.0. The molecule has 0 aliphatic carbocycles. The average Bonchev–Trinajstić information content (AvgIpc) is 2.86. The predicted molar refractivity (Wildman–Crippen MR) is 136 cm³/mol. The lowest BCUT2D eigenvalue weighted by molar-refractivity contribution is -0.148. The first-order valence-electron chi connectivity index (χ1n) is 11.2. The molecule has 0 aliphatic heterocycles. The third-order valence-electron chi connectivity index (χ3n) is 5.34. The molecule has 3 rings (SSSR count). The van der Waals surface area contributed by atoms with Gasteiger partial charge in [-0.15, -0.1) is 0 Å². The number of nitrogens with one attached hydrogen (secondary N) is 1. The Morgan fingerprint density at radius 2 is 1.41 bits per heavy atom. The van der Waals surface area contributed by atoms with E-state index in [-0.39, 0.29) is 17.6 Å². The number of carbonyl (C=O) groups is 3. The highest BCUT2D eigenvalue weighted by atomic mass is 32.2. The highest BCUT2D eigenvalue weighted by Gasteiger charge is 2.24. The van der Waals surface area contributed by atoms with Crippen molar-refractivity contribution in [3.05, 3.63) is 96.1 Å². The highest BCUT2D eigenvalue weighted by molar-refractivity contribution is 8.13. The number of hydrogen-bond donors (Lipinski definition) is 1. The maximum atomic E-state index is 13.0. The van der Waals surface area contributed by atoms with Gasteiger partial charge in [0, 0.05) is 12.7 Å². The molecule has 0 heterocycles. The minimum absolute atomic E-state index is 0.0486. The van der Waals surface area contributed by atoms with E-state index in [9.17, 15) is 14.4 Å². The van der Waals surface area contributed by atoms with E-state index in [0.29, 0.717) is 12.2 Å². The number of carbonyl (C=O) groups excluding carboxylic acids is 3. The van der Waals surface area contributed by atoms with Gasteiger partial charge < -0.3 is 10.1 Å². The fraction of sp³-hybridized carbons (Fsp3) is 0.250. The number of ether oxygens (including phenoxy) is 1. The zero-order valence-corrected chi connectivity index (χ0v) is 20.2. The second kappa shape index (κ2) is 12.8. The van der Waals surface area contributed by atoms with Crippen LogP contribution in [-0.4, -0.2) is 28.8 Å². The second-order valence-electron chi connectivity index (χ2n) is 8.09. The molecule has 0 aromatic heterocycles. The predicted octanol–water partition coefficient (Wildman–Crippen LogP) is 5.04. The normalized spacial score (nSPS) is 12.4. The van der Waals surface area contributed by atoms with Crippen molar-refractivity contribution < 1.29 is 19.1 Å². The van der Waals surface area contributed by atoms with Crippen LogP contribution in [0.25, 0.3) is 11.1 Å². The molecule has 0 fully saturated rings. The Morgan fingerprint density at radius 3 is 2.03 bits per heavy atom. The lowest BCUT2D eigenvalue weighted by atomic mass is 9.97. The molecular weight excluding hydrogens is 446 g/mol. The van der Waals surface area contributed by atoms with Crippen molar-refractivity contribution in [1.82, 2.24) is 5.32 Å². The van der Waals surface area contributed by atoms with Crippen LogP contribution in [-0.2, 0) is 32.1 Å². The first-order valence-corrected chi connectivity index (χ1v) is 12.2. The molecule has 6 heteroatoms. The van der Waals surface area contributed by atoms with Crippen LogP contribution >= 0.6 is 11.8 Å². The van der Waals surface area contributed by atoms with Crippen LogP contribution in [0.15, 0.2) is 84.9 Å². The molecule has 0 aliphatic rings. The Kier molecular flexibility index (Phi) is 9.47. The minimum Gasteiger partial charge on any atom is -0.459 e. The summed E-state index contributed by atoms with van der Waals surface area (Å²) in [5, 5.41) is 2.71. The maximum Gasteiger partial charge on any atom is 0.328 e. The van der Waals surface area contributed by atoms with Crippen molar-refractivity contribution in [1.29, 1.82) is 0 Å². The summed E-state index contributed by atoms with van der Waals surface area (Å²) in [6, 6.07) is 26.7. The first-order chi connectivity index (χ1) is 16.4. The fourth-order valence-corrected chi connectivity index (χ4v) is 4.14. The topological polar surface area (TPSA) is 72.5 Å². The van der Waals surface area contributed by atoms with E-state index >= 15 is 0 Å². The molecule has 0 unspecified atom stereocenters. The number of benzene rings is 3. The molecule has 0 bridgehead atoms. The summed E-state index contributed by atoms with van der Waals surface area (Å²) < 4.78 is 5.33.